The molecule has 0 spiro atoms. The van der Waals surface area contributed by atoms with Crippen molar-refractivity contribution in [2.45, 2.75) is 19.1 Å². The first kappa shape index (κ1) is 7.38. The van der Waals surface area contributed by atoms with Gasteiger partial charge in [0.15, 0.2) is 0 Å². The highest BCUT2D eigenvalue weighted by atomic mass is 32.2. The van der Waals surface area contributed by atoms with Crippen LogP contribution in [0.3, 0.4) is 0 Å². The van der Waals surface area contributed by atoms with Crippen LogP contribution in [0.2, 0.25) is 0 Å². The van der Waals surface area contributed by atoms with E-state index in [4.69, 9.17) is 5.11 Å². The predicted octanol–water partition coefficient (Wildman–Crippen LogP) is 0.0911. The molecule has 2 nitrogen and oxygen atoms in total. The van der Waals surface area contributed by atoms with E-state index in [0.717, 1.165) is 5.75 Å². The van der Waals surface area contributed by atoms with E-state index in [2.05, 4.69) is 0 Å². The van der Waals surface area contributed by atoms with Gasteiger partial charge in [0.25, 0.3) is 0 Å². The molecule has 0 unspecified atom stereocenters. The maximum absolute atomic E-state index is 9.18. The van der Waals surface area contributed by atoms with Crippen molar-refractivity contribution in [3.63, 3.8) is 0 Å². The van der Waals surface area contributed by atoms with Crippen LogP contribution < -0.4 is 0 Å². The molecule has 3 atom stereocenters. The molecule has 9 heavy (non-hydrogen) atoms. The lowest BCUT2D eigenvalue weighted by molar-refractivity contribution is 0.00254. The van der Waals surface area contributed by atoms with E-state index in [1.54, 1.807) is 11.8 Å². The van der Waals surface area contributed by atoms with Gasteiger partial charge in [-0.25, -0.2) is 0 Å². The third kappa shape index (κ3) is 1.60. The summed E-state index contributed by atoms with van der Waals surface area (Å²) in [4.78, 5) is 0. The monoisotopic (exact) mass is 148 g/mol. The van der Waals surface area contributed by atoms with Crippen molar-refractivity contribution in [2.75, 3.05) is 11.5 Å². The van der Waals surface area contributed by atoms with Gasteiger partial charge in [0, 0.05) is 5.75 Å². The van der Waals surface area contributed by atoms with E-state index in [9.17, 15) is 5.11 Å². The van der Waals surface area contributed by atoms with Gasteiger partial charge in [-0.05, 0) is 11.7 Å². The molecular weight excluding hydrogens is 136 g/mol. The molecule has 0 bridgehead atoms. The summed E-state index contributed by atoms with van der Waals surface area (Å²) in [6.07, 6.45) is -0.995. The summed E-state index contributed by atoms with van der Waals surface area (Å²) in [7, 11) is 0. The minimum Gasteiger partial charge on any atom is -0.390 e. The van der Waals surface area contributed by atoms with Crippen molar-refractivity contribution < 1.29 is 10.2 Å². The van der Waals surface area contributed by atoms with E-state index >= 15 is 0 Å². The van der Waals surface area contributed by atoms with E-state index in [-0.39, 0.29) is 5.92 Å². The summed E-state index contributed by atoms with van der Waals surface area (Å²) in [5.74, 6) is 1.91. The van der Waals surface area contributed by atoms with Gasteiger partial charge in [-0.2, -0.15) is 11.8 Å². The highest BCUT2D eigenvalue weighted by Gasteiger charge is 2.26. The normalized spacial score (nSPS) is 45.0. The Hall–Kier alpha value is 0.270. The summed E-state index contributed by atoms with van der Waals surface area (Å²) in [6, 6.07) is 0. The Morgan fingerprint density at radius 1 is 1.33 bits per heavy atom. The van der Waals surface area contributed by atoms with Crippen LogP contribution in [0, 0.1) is 5.92 Å². The van der Waals surface area contributed by atoms with E-state index in [1.807, 2.05) is 6.92 Å². The van der Waals surface area contributed by atoms with Crippen molar-refractivity contribution in [1.82, 2.24) is 0 Å². The molecule has 0 amide bonds. The lowest BCUT2D eigenvalue weighted by Crippen LogP contribution is -2.38. The number of aliphatic hydroxyl groups is 2. The third-order valence-electron chi connectivity index (χ3n) is 1.65. The zero-order chi connectivity index (χ0) is 6.85. The number of rotatable bonds is 0. The molecule has 54 valence electrons. The van der Waals surface area contributed by atoms with Crippen molar-refractivity contribution in [3.05, 3.63) is 0 Å². The molecule has 1 aliphatic rings. The zero-order valence-electron chi connectivity index (χ0n) is 5.45. The molecule has 0 aromatic heterocycles. The minimum atomic E-state index is -0.501. The molecule has 0 aromatic carbocycles. The maximum Gasteiger partial charge on any atom is 0.0892 e. The van der Waals surface area contributed by atoms with E-state index in [0.29, 0.717) is 5.75 Å². The molecule has 0 aliphatic carbocycles. The summed E-state index contributed by atoms with van der Waals surface area (Å²) in [5, 5.41) is 18.3. The van der Waals surface area contributed by atoms with Crippen molar-refractivity contribution in [2.24, 2.45) is 5.92 Å². The molecule has 1 rings (SSSR count). The van der Waals surface area contributed by atoms with Gasteiger partial charge < -0.3 is 10.2 Å². The van der Waals surface area contributed by atoms with Gasteiger partial charge in [0.2, 0.25) is 0 Å². The summed E-state index contributed by atoms with van der Waals surface area (Å²) >= 11 is 1.70. The fraction of sp³-hybridized carbons (Fsp3) is 1.00. The van der Waals surface area contributed by atoms with Gasteiger partial charge in [0.1, 0.15) is 0 Å². The lowest BCUT2D eigenvalue weighted by atomic mass is 10.0. The van der Waals surface area contributed by atoms with Crippen molar-refractivity contribution >= 4 is 11.8 Å². The fourth-order valence-electron chi connectivity index (χ4n) is 0.951. The lowest BCUT2D eigenvalue weighted by Gasteiger charge is -2.28. The highest BCUT2D eigenvalue weighted by Crippen LogP contribution is 2.22. The summed E-state index contributed by atoms with van der Waals surface area (Å²) in [6.45, 7) is 1.96. The SMILES string of the molecule is C[C@@H]1CSC[C@H](O)[C@@H]1O. The van der Waals surface area contributed by atoms with Gasteiger partial charge >= 0.3 is 0 Å². The van der Waals surface area contributed by atoms with Crippen molar-refractivity contribution in [1.29, 1.82) is 0 Å². The van der Waals surface area contributed by atoms with Gasteiger partial charge in [0.05, 0.1) is 12.2 Å². The zero-order valence-corrected chi connectivity index (χ0v) is 6.27. The average molecular weight is 148 g/mol. The third-order valence-corrected chi connectivity index (χ3v) is 2.99. The molecule has 0 radical (unpaired) electrons. The highest BCUT2D eigenvalue weighted by molar-refractivity contribution is 7.99. The predicted molar refractivity (Wildman–Crippen MR) is 38.5 cm³/mol. The maximum atomic E-state index is 9.18. The molecule has 1 heterocycles. The number of hydrogen-bond donors (Lipinski definition) is 2. The quantitative estimate of drug-likeness (QED) is 0.511. The average Bonchev–Trinajstić information content (AvgIpc) is 1.83. The first-order chi connectivity index (χ1) is 4.22. The van der Waals surface area contributed by atoms with Crippen molar-refractivity contribution in [3.8, 4) is 0 Å². The first-order valence-electron chi connectivity index (χ1n) is 3.15. The summed E-state index contributed by atoms with van der Waals surface area (Å²) < 4.78 is 0. The minimum absolute atomic E-state index is 0.249. The van der Waals surface area contributed by atoms with Crippen LogP contribution in [0.1, 0.15) is 6.92 Å². The van der Waals surface area contributed by atoms with E-state index in [1.165, 1.54) is 0 Å². The fourth-order valence-corrected chi connectivity index (χ4v) is 2.09. The second-order valence-electron chi connectivity index (χ2n) is 2.57. The van der Waals surface area contributed by atoms with Gasteiger partial charge in [-0.3, -0.25) is 0 Å². The van der Waals surface area contributed by atoms with Gasteiger partial charge in [-0.15, -0.1) is 0 Å². The largest absolute Gasteiger partial charge is 0.390 e. The molecule has 1 saturated heterocycles. The van der Waals surface area contributed by atoms with Crippen LogP contribution >= 0.6 is 11.8 Å². The van der Waals surface area contributed by atoms with Gasteiger partial charge in [-0.1, -0.05) is 6.92 Å². The van der Waals surface area contributed by atoms with Crippen LogP contribution in [0.25, 0.3) is 0 Å². The molecular formula is C6H12O2S. The molecule has 0 saturated carbocycles. The Labute approximate surface area is 59.3 Å². The Balaban J connectivity index is 2.41. The van der Waals surface area contributed by atoms with Crippen LogP contribution in [-0.4, -0.2) is 33.9 Å². The smallest absolute Gasteiger partial charge is 0.0892 e. The Kier molecular flexibility index (Phi) is 2.38. The standard InChI is InChI=1S/C6H12O2S/c1-4-2-9-3-5(7)6(4)8/h4-8H,2-3H2,1H3/t4-,5+,6-/m1/s1. The number of thioether (sulfide) groups is 1. The topological polar surface area (TPSA) is 40.5 Å². The number of aliphatic hydroxyl groups excluding tert-OH is 2. The molecule has 1 fully saturated rings. The van der Waals surface area contributed by atoms with E-state index < -0.39 is 12.2 Å². The second-order valence-corrected chi connectivity index (χ2v) is 3.65. The van der Waals surface area contributed by atoms with Crippen LogP contribution in [0.15, 0.2) is 0 Å². The van der Waals surface area contributed by atoms with Crippen LogP contribution in [0.4, 0.5) is 0 Å². The molecule has 3 heteroatoms. The molecule has 2 N–H and O–H groups in total. The Morgan fingerprint density at radius 3 is 2.44 bits per heavy atom. The second kappa shape index (κ2) is 2.90. The van der Waals surface area contributed by atoms with Crippen LogP contribution in [0.5, 0.6) is 0 Å². The Morgan fingerprint density at radius 2 is 2.00 bits per heavy atom. The summed E-state index contributed by atoms with van der Waals surface area (Å²) in [5.41, 5.74) is 0. The number of hydrogen-bond acceptors (Lipinski definition) is 3. The first-order valence-corrected chi connectivity index (χ1v) is 4.31. The Bertz CT molecular complexity index is 87.1. The molecule has 1 aliphatic heterocycles. The van der Waals surface area contributed by atoms with Crippen LogP contribution in [-0.2, 0) is 0 Å². The molecule has 0 aromatic rings.